The third-order valence-electron chi connectivity index (χ3n) is 5.71. The smallest absolute Gasteiger partial charge is 0.335 e. The van der Waals surface area contributed by atoms with E-state index in [-0.39, 0.29) is 36.8 Å². The van der Waals surface area contributed by atoms with Crippen molar-refractivity contribution in [3.8, 4) is 23.1 Å². The van der Waals surface area contributed by atoms with Crippen molar-refractivity contribution in [2.45, 2.75) is 25.8 Å². The Balaban J connectivity index is 1.60. The molecule has 0 fully saturated rings. The normalized spacial score (nSPS) is 16.6. The first-order chi connectivity index (χ1) is 16.4. The van der Waals surface area contributed by atoms with Gasteiger partial charge in [-0.1, -0.05) is 24.6 Å². The lowest BCUT2D eigenvalue weighted by molar-refractivity contribution is -0.132. The lowest BCUT2D eigenvalue weighted by atomic mass is 9.98. The number of aromatic amines is 1. The maximum Gasteiger partial charge on any atom is 0.335 e. The molecule has 0 saturated carbocycles. The van der Waals surface area contributed by atoms with E-state index in [0.717, 1.165) is 10.1 Å². The number of aromatic nitrogens is 2. The fourth-order valence-corrected chi connectivity index (χ4v) is 4.17. The number of nitrogens with one attached hydrogen (secondary N) is 1. The van der Waals surface area contributed by atoms with Crippen LogP contribution in [0.3, 0.4) is 0 Å². The fraction of sp³-hybridized carbons (Fsp3) is 0.217. The van der Waals surface area contributed by atoms with Crippen molar-refractivity contribution < 1.29 is 19.4 Å². The van der Waals surface area contributed by atoms with Crippen molar-refractivity contribution >= 4 is 23.2 Å². The molecule has 11 heteroatoms. The average molecular weight is 483 g/mol. The summed E-state index contributed by atoms with van der Waals surface area (Å²) in [6.07, 6.45) is 0.325. The quantitative estimate of drug-likeness (QED) is 0.588. The zero-order chi connectivity index (χ0) is 24.0. The van der Waals surface area contributed by atoms with Crippen LogP contribution in [0.25, 0.3) is 5.69 Å². The van der Waals surface area contributed by atoms with Gasteiger partial charge in [-0.15, -0.1) is 0 Å². The maximum absolute atomic E-state index is 12.8. The Morgan fingerprint density at radius 2 is 1.91 bits per heavy atom. The summed E-state index contributed by atoms with van der Waals surface area (Å²) >= 11 is 5.93. The number of hydrogen-bond donors (Lipinski definition) is 2. The molecule has 3 heterocycles. The van der Waals surface area contributed by atoms with E-state index in [4.69, 9.17) is 21.1 Å². The van der Waals surface area contributed by atoms with Crippen LogP contribution in [-0.4, -0.2) is 38.1 Å². The molecule has 174 valence electrons. The molecule has 34 heavy (non-hydrogen) atoms. The van der Waals surface area contributed by atoms with E-state index in [1.165, 1.54) is 17.1 Å². The van der Waals surface area contributed by atoms with Gasteiger partial charge >= 0.3 is 5.69 Å². The molecule has 1 unspecified atom stereocenters. The van der Waals surface area contributed by atoms with E-state index < -0.39 is 23.2 Å². The topological polar surface area (TPSA) is 126 Å². The lowest BCUT2D eigenvalue weighted by Gasteiger charge is -2.21. The van der Waals surface area contributed by atoms with Crippen molar-refractivity contribution in [2.24, 2.45) is 5.10 Å². The van der Waals surface area contributed by atoms with Gasteiger partial charge in [-0.05, 0) is 42.0 Å². The number of hydrazone groups is 1. The second kappa shape index (κ2) is 8.38. The monoisotopic (exact) mass is 482 g/mol. The average Bonchev–Trinajstić information content (AvgIpc) is 3.46. The number of nitrogens with zero attached hydrogens (tertiary/aromatic N) is 3. The van der Waals surface area contributed by atoms with E-state index in [0.29, 0.717) is 22.2 Å². The van der Waals surface area contributed by atoms with Gasteiger partial charge in [0.1, 0.15) is 5.56 Å². The molecule has 2 aliphatic heterocycles. The van der Waals surface area contributed by atoms with Crippen LogP contribution in [0.1, 0.15) is 36.9 Å². The Kier molecular flexibility index (Phi) is 5.37. The van der Waals surface area contributed by atoms with Crippen LogP contribution < -0.4 is 20.7 Å². The summed E-state index contributed by atoms with van der Waals surface area (Å²) in [5, 5.41) is 17.1. The molecule has 2 aromatic carbocycles. The highest BCUT2D eigenvalue weighted by Gasteiger charge is 2.36. The van der Waals surface area contributed by atoms with Gasteiger partial charge in [0, 0.05) is 17.9 Å². The third-order valence-corrected chi connectivity index (χ3v) is 5.96. The third kappa shape index (κ3) is 3.61. The molecule has 0 spiro atoms. The van der Waals surface area contributed by atoms with Gasteiger partial charge in [0.2, 0.25) is 18.6 Å². The number of halogens is 1. The van der Waals surface area contributed by atoms with Gasteiger partial charge in [0.05, 0.1) is 17.4 Å². The molecule has 0 radical (unpaired) electrons. The maximum atomic E-state index is 12.8. The summed E-state index contributed by atoms with van der Waals surface area (Å²) in [5.41, 5.74) is -0.608. The minimum absolute atomic E-state index is 0.109. The first kappa shape index (κ1) is 21.8. The molecule has 5 rings (SSSR count). The van der Waals surface area contributed by atoms with Gasteiger partial charge in [-0.2, -0.15) is 5.10 Å². The number of ether oxygens (including phenoxy) is 2. The number of rotatable bonds is 4. The minimum atomic E-state index is -0.819. The molecule has 1 atom stereocenters. The lowest BCUT2D eigenvalue weighted by Crippen LogP contribution is -2.33. The van der Waals surface area contributed by atoms with E-state index in [1.807, 2.05) is 0 Å². The summed E-state index contributed by atoms with van der Waals surface area (Å²) in [7, 11) is 0. The Bertz CT molecular complexity index is 1440. The van der Waals surface area contributed by atoms with Crippen LogP contribution in [0.4, 0.5) is 0 Å². The second-order valence-corrected chi connectivity index (χ2v) is 8.18. The van der Waals surface area contributed by atoms with Crippen LogP contribution in [0.2, 0.25) is 5.02 Å². The SMILES string of the molecule is CCC(=O)N1N=C(c2c(O)n(-c3ccc(Cl)cc3)c(=O)[nH]c2=O)CC1c1ccc2c(c1)OCO2. The summed E-state index contributed by atoms with van der Waals surface area (Å²) in [6, 6.07) is 10.9. The molecule has 3 aromatic rings. The van der Waals surface area contributed by atoms with Crippen molar-refractivity contribution in [1.29, 1.82) is 0 Å². The van der Waals surface area contributed by atoms with E-state index in [9.17, 15) is 19.5 Å². The van der Waals surface area contributed by atoms with Crippen molar-refractivity contribution in [3.63, 3.8) is 0 Å². The number of amides is 1. The van der Waals surface area contributed by atoms with Gasteiger partial charge < -0.3 is 14.6 Å². The summed E-state index contributed by atoms with van der Waals surface area (Å²) in [5.74, 6) is 0.303. The zero-order valence-corrected chi connectivity index (χ0v) is 18.7. The van der Waals surface area contributed by atoms with E-state index in [1.54, 1.807) is 37.3 Å². The van der Waals surface area contributed by atoms with Crippen molar-refractivity contribution in [3.05, 3.63) is 79.5 Å². The van der Waals surface area contributed by atoms with Crippen LogP contribution in [0, 0.1) is 0 Å². The molecule has 1 amide bonds. The standard InChI is InChI=1S/C23H19ClN4O6/c1-2-19(29)28-16(12-3-8-17-18(9-12)34-11-33-17)10-15(26-28)20-21(30)25-23(32)27(22(20)31)14-6-4-13(24)5-7-14/h3-9,16,31H,2,10-11H2,1H3,(H,25,30,32). The number of aromatic hydroxyl groups is 1. The number of benzene rings is 2. The number of carbonyl (C=O) groups excluding carboxylic acids is 1. The van der Waals surface area contributed by atoms with Crippen molar-refractivity contribution in [1.82, 2.24) is 14.6 Å². The summed E-state index contributed by atoms with van der Waals surface area (Å²) < 4.78 is 11.8. The van der Waals surface area contributed by atoms with E-state index >= 15 is 0 Å². The summed E-state index contributed by atoms with van der Waals surface area (Å²) in [4.78, 5) is 40.2. The zero-order valence-electron chi connectivity index (χ0n) is 17.9. The molecule has 10 nitrogen and oxygen atoms in total. The summed E-state index contributed by atoms with van der Waals surface area (Å²) in [6.45, 7) is 1.82. The number of H-pyrrole nitrogens is 1. The highest BCUT2D eigenvalue weighted by Crippen LogP contribution is 2.39. The molecule has 0 saturated heterocycles. The second-order valence-electron chi connectivity index (χ2n) is 7.74. The Hall–Kier alpha value is -4.05. The molecule has 2 aliphatic rings. The van der Waals surface area contributed by atoms with Crippen molar-refractivity contribution in [2.75, 3.05) is 6.79 Å². The highest BCUT2D eigenvalue weighted by atomic mass is 35.5. The first-order valence-corrected chi connectivity index (χ1v) is 10.9. The number of fused-ring (bicyclic) bond motifs is 1. The van der Waals surface area contributed by atoms with Gasteiger partial charge in [-0.3, -0.25) is 14.6 Å². The largest absolute Gasteiger partial charge is 0.493 e. The van der Waals surface area contributed by atoms with Gasteiger partial charge in [0.25, 0.3) is 5.56 Å². The Labute approximate surface area is 197 Å². The Morgan fingerprint density at radius 3 is 2.65 bits per heavy atom. The Morgan fingerprint density at radius 1 is 1.18 bits per heavy atom. The van der Waals surface area contributed by atoms with Crippen LogP contribution in [-0.2, 0) is 4.79 Å². The molecule has 2 N–H and O–H groups in total. The van der Waals surface area contributed by atoms with Crippen LogP contribution in [0.15, 0.2) is 57.2 Å². The molecule has 1 aromatic heterocycles. The number of hydrogen-bond acceptors (Lipinski definition) is 7. The van der Waals surface area contributed by atoms with Gasteiger partial charge in [-0.25, -0.2) is 14.4 Å². The molecular formula is C23H19ClN4O6. The molecule has 0 bridgehead atoms. The molecular weight excluding hydrogens is 464 g/mol. The predicted octanol–water partition coefficient (Wildman–Crippen LogP) is 2.70. The minimum Gasteiger partial charge on any atom is -0.493 e. The van der Waals surface area contributed by atoms with E-state index in [2.05, 4.69) is 10.1 Å². The number of carbonyl (C=O) groups is 1. The van der Waals surface area contributed by atoms with Crippen LogP contribution >= 0.6 is 11.6 Å². The molecule has 0 aliphatic carbocycles. The first-order valence-electron chi connectivity index (χ1n) is 10.5. The van der Waals surface area contributed by atoms with Gasteiger partial charge in [0.15, 0.2) is 11.5 Å². The predicted molar refractivity (Wildman–Crippen MR) is 123 cm³/mol. The fourth-order valence-electron chi connectivity index (χ4n) is 4.05. The highest BCUT2D eigenvalue weighted by molar-refractivity contribution is 6.30. The van der Waals surface area contributed by atoms with Crippen LogP contribution in [0.5, 0.6) is 17.4 Å².